The van der Waals surface area contributed by atoms with Gasteiger partial charge in [0.05, 0.1) is 0 Å². The van der Waals surface area contributed by atoms with Gasteiger partial charge in [0, 0.05) is 5.33 Å². The average molecular weight is 323 g/mol. The molecule has 0 radical (unpaired) electrons. The number of carboxylic acid groups (broad SMARTS) is 2. The molecule has 0 aliphatic carbocycles. The van der Waals surface area contributed by atoms with E-state index in [9.17, 15) is 9.59 Å². The number of hydrogen-bond donors (Lipinski definition) is 2. The maximum atomic E-state index is 11.1. The number of alkyl halides is 1. The molecular weight excluding hydrogens is 300 g/mol. The van der Waals surface area contributed by atoms with Gasteiger partial charge in [-0.3, -0.25) is 9.59 Å². The Hall–Kier alpha value is -0.580. The summed E-state index contributed by atoms with van der Waals surface area (Å²) in [5.41, 5.74) is -1.59. The minimum absolute atomic E-state index is 0.140. The van der Waals surface area contributed by atoms with Crippen LogP contribution in [-0.4, -0.2) is 27.5 Å². The van der Waals surface area contributed by atoms with Crippen LogP contribution in [0.25, 0.3) is 0 Å². The van der Waals surface area contributed by atoms with Crippen LogP contribution >= 0.6 is 15.9 Å². The highest BCUT2D eigenvalue weighted by Gasteiger charge is 2.44. The van der Waals surface area contributed by atoms with E-state index >= 15 is 0 Å². The highest BCUT2D eigenvalue weighted by atomic mass is 79.9. The van der Waals surface area contributed by atoms with Crippen LogP contribution < -0.4 is 0 Å². The monoisotopic (exact) mass is 322 g/mol. The first-order valence-corrected chi connectivity index (χ1v) is 7.66. The largest absolute Gasteiger partial charge is 0.480 e. The van der Waals surface area contributed by atoms with Gasteiger partial charge < -0.3 is 10.2 Å². The third-order valence-electron chi connectivity index (χ3n) is 3.41. The van der Waals surface area contributed by atoms with Gasteiger partial charge in [-0.15, -0.1) is 0 Å². The van der Waals surface area contributed by atoms with Crippen molar-refractivity contribution >= 4 is 27.9 Å². The van der Waals surface area contributed by atoms with Crippen molar-refractivity contribution in [3.05, 3.63) is 0 Å². The van der Waals surface area contributed by atoms with E-state index in [0.717, 1.165) is 31.0 Å². The molecule has 0 rings (SSSR count). The summed E-state index contributed by atoms with van der Waals surface area (Å²) in [7, 11) is 0. The molecule has 2 N–H and O–H groups in total. The molecule has 0 aromatic carbocycles. The Morgan fingerprint density at radius 1 is 0.944 bits per heavy atom. The quantitative estimate of drug-likeness (QED) is 0.345. The van der Waals surface area contributed by atoms with Gasteiger partial charge in [0.1, 0.15) is 0 Å². The molecule has 0 aromatic rings. The van der Waals surface area contributed by atoms with Crippen LogP contribution in [0.2, 0.25) is 0 Å². The lowest BCUT2D eigenvalue weighted by atomic mass is 9.80. The molecule has 0 aliphatic heterocycles. The van der Waals surface area contributed by atoms with E-state index in [2.05, 4.69) is 15.9 Å². The Labute approximate surface area is 117 Å². The van der Waals surface area contributed by atoms with Crippen molar-refractivity contribution in [1.29, 1.82) is 0 Å². The van der Waals surface area contributed by atoms with Crippen LogP contribution in [0, 0.1) is 5.41 Å². The fraction of sp³-hybridized carbons (Fsp3) is 0.846. The van der Waals surface area contributed by atoms with Crippen molar-refractivity contribution in [2.45, 2.75) is 58.3 Å². The predicted molar refractivity (Wildman–Crippen MR) is 74.1 cm³/mol. The summed E-state index contributed by atoms with van der Waals surface area (Å²) in [6, 6.07) is 0. The summed E-state index contributed by atoms with van der Waals surface area (Å²) < 4.78 is 0. The minimum atomic E-state index is -1.59. The number of rotatable bonds is 11. The fourth-order valence-electron chi connectivity index (χ4n) is 2.01. The zero-order valence-electron chi connectivity index (χ0n) is 11.0. The Balaban J connectivity index is 3.99. The number of halogens is 1. The molecule has 0 bridgehead atoms. The van der Waals surface area contributed by atoms with E-state index in [4.69, 9.17) is 10.2 Å². The topological polar surface area (TPSA) is 74.6 Å². The van der Waals surface area contributed by atoms with E-state index in [0.29, 0.717) is 6.42 Å². The van der Waals surface area contributed by atoms with Crippen molar-refractivity contribution in [2.24, 2.45) is 5.41 Å². The van der Waals surface area contributed by atoms with Crippen LogP contribution in [0.15, 0.2) is 0 Å². The van der Waals surface area contributed by atoms with Crippen LogP contribution in [0.3, 0.4) is 0 Å². The van der Waals surface area contributed by atoms with Crippen molar-refractivity contribution in [3.8, 4) is 0 Å². The van der Waals surface area contributed by atoms with Gasteiger partial charge in [-0.1, -0.05) is 55.0 Å². The molecule has 0 unspecified atom stereocenters. The van der Waals surface area contributed by atoms with Crippen molar-refractivity contribution in [2.75, 3.05) is 5.33 Å². The standard InChI is InChI=1S/C13H23BrO4/c1-2-13(11(15)16,12(17)18)9-7-5-3-4-6-8-10-14/h2-10H2,1H3,(H,15,16)(H,17,18). The molecule has 0 saturated heterocycles. The normalized spacial score (nSPS) is 11.4. The summed E-state index contributed by atoms with van der Waals surface area (Å²) in [6.45, 7) is 1.62. The lowest BCUT2D eigenvalue weighted by Gasteiger charge is -2.22. The van der Waals surface area contributed by atoms with Crippen LogP contribution in [0.1, 0.15) is 58.3 Å². The third kappa shape index (κ3) is 5.38. The van der Waals surface area contributed by atoms with Gasteiger partial charge in [-0.25, -0.2) is 0 Å². The summed E-state index contributed by atoms with van der Waals surface area (Å²) in [4.78, 5) is 22.2. The predicted octanol–water partition coefficient (Wildman–Crippen LogP) is 3.68. The van der Waals surface area contributed by atoms with Crippen molar-refractivity contribution < 1.29 is 19.8 Å². The molecule has 18 heavy (non-hydrogen) atoms. The van der Waals surface area contributed by atoms with Gasteiger partial charge in [0.15, 0.2) is 5.41 Å². The maximum Gasteiger partial charge on any atom is 0.321 e. The SMILES string of the molecule is CCC(CCCCCCCCBr)(C(=O)O)C(=O)O. The lowest BCUT2D eigenvalue weighted by Crippen LogP contribution is -2.38. The molecule has 0 fully saturated rings. The van der Waals surface area contributed by atoms with E-state index in [1.54, 1.807) is 6.92 Å². The zero-order chi connectivity index (χ0) is 14.0. The zero-order valence-corrected chi connectivity index (χ0v) is 12.5. The smallest absolute Gasteiger partial charge is 0.321 e. The maximum absolute atomic E-state index is 11.1. The van der Waals surface area contributed by atoms with Crippen LogP contribution in [0.4, 0.5) is 0 Å². The third-order valence-corrected chi connectivity index (χ3v) is 3.97. The molecule has 0 heterocycles. The van der Waals surface area contributed by atoms with Gasteiger partial charge >= 0.3 is 11.9 Å². The van der Waals surface area contributed by atoms with Crippen LogP contribution in [-0.2, 0) is 9.59 Å². The Morgan fingerprint density at radius 2 is 1.39 bits per heavy atom. The van der Waals surface area contributed by atoms with Crippen molar-refractivity contribution in [3.63, 3.8) is 0 Å². The molecule has 106 valence electrons. The number of unbranched alkanes of at least 4 members (excludes halogenated alkanes) is 5. The first kappa shape index (κ1) is 17.4. The molecule has 0 aromatic heterocycles. The summed E-state index contributed by atoms with van der Waals surface area (Å²) in [6.07, 6.45) is 6.45. The molecule has 0 saturated carbocycles. The van der Waals surface area contributed by atoms with E-state index in [1.807, 2.05) is 0 Å². The first-order chi connectivity index (χ1) is 8.51. The number of carboxylic acids is 2. The molecule has 4 nitrogen and oxygen atoms in total. The van der Waals surface area contributed by atoms with E-state index < -0.39 is 17.4 Å². The second-order valence-electron chi connectivity index (χ2n) is 4.61. The molecule has 0 aliphatic rings. The van der Waals surface area contributed by atoms with Gasteiger partial charge in [-0.05, 0) is 19.3 Å². The minimum Gasteiger partial charge on any atom is -0.480 e. The van der Waals surface area contributed by atoms with E-state index in [1.165, 1.54) is 6.42 Å². The number of hydrogen-bond acceptors (Lipinski definition) is 2. The molecule has 5 heteroatoms. The molecule has 0 atom stereocenters. The summed E-state index contributed by atoms with van der Waals surface area (Å²) in [5.74, 6) is -2.42. The Kier molecular flexibility index (Phi) is 9.06. The highest BCUT2D eigenvalue weighted by molar-refractivity contribution is 9.09. The summed E-state index contributed by atoms with van der Waals surface area (Å²) >= 11 is 3.37. The van der Waals surface area contributed by atoms with Crippen LogP contribution in [0.5, 0.6) is 0 Å². The van der Waals surface area contributed by atoms with Gasteiger partial charge in [0.2, 0.25) is 0 Å². The van der Waals surface area contributed by atoms with Gasteiger partial charge in [0.25, 0.3) is 0 Å². The number of aliphatic carboxylic acids is 2. The van der Waals surface area contributed by atoms with Crippen molar-refractivity contribution in [1.82, 2.24) is 0 Å². The molecule has 0 spiro atoms. The van der Waals surface area contributed by atoms with Gasteiger partial charge in [-0.2, -0.15) is 0 Å². The Bertz CT molecular complexity index is 252. The number of carbonyl (C=O) groups is 2. The van der Waals surface area contributed by atoms with E-state index in [-0.39, 0.29) is 12.8 Å². The second kappa shape index (κ2) is 9.36. The fourth-order valence-corrected chi connectivity index (χ4v) is 2.41. The second-order valence-corrected chi connectivity index (χ2v) is 5.40. The first-order valence-electron chi connectivity index (χ1n) is 6.54. The molecular formula is C13H23BrO4. The lowest BCUT2D eigenvalue weighted by molar-refractivity contribution is -0.165. The molecule has 0 amide bonds. The average Bonchev–Trinajstić information content (AvgIpc) is 2.32. The Morgan fingerprint density at radius 3 is 1.78 bits per heavy atom. The highest BCUT2D eigenvalue weighted by Crippen LogP contribution is 2.30. The summed E-state index contributed by atoms with van der Waals surface area (Å²) in [5, 5.41) is 19.2.